The number of para-hydroxylation sites is 1. The normalized spacial score (nSPS) is 10.3. The summed E-state index contributed by atoms with van der Waals surface area (Å²) in [6, 6.07) is 10.0. The molecule has 0 unspecified atom stereocenters. The summed E-state index contributed by atoms with van der Waals surface area (Å²) >= 11 is 15.1. The molecule has 0 heterocycles. The zero-order chi connectivity index (χ0) is 14.0. The van der Waals surface area contributed by atoms with Gasteiger partial charge in [-0.15, -0.1) is 0 Å². The molecule has 0 spiro atoms. The Labute approximate surface area is 128 Å². The van der Waals surface area contributed by atoms with Crippen molar-refractivity contribution < 1.29 is 4.79 Å². The van der Waals surface area contributed by atoms with Gasteiger partial charge >= 0.3 is 0 Å². The first kappa shape index (κ1) is 14.2. The van der Waals surface area contributed by atoms with E-state index in [0.717, 1.165) is 4.47 Å². The van der Waals surface area contributed by atoms with Crippen LogP contribution >= 0.6 is 39.1 Å². The molecule has 2 rings (SSSR count). The Kier molecular flexibility index (Phi) is 4.34. The number of halogens is 3. The summed E-state index contributed by atoms with van der Waals surface area (Å²) in [5.74, 6) is -0.335. The summed E-state index contributed by atoms with van der Waals surface area (Å²) < 4.78 is 0.759. The molecule has 0 radical (unpaired) electrons. The molecule has 0 aliphatic rings. The second-order valence-corrected chi connectivity index (χ2v) is 5.45. The van der Waals surface area contributed by atoms with Crippen molar-refractivity contribution in [3.05, 3.63) is 56.5 Å². The Balaban J connectivity index is 2.26. The molecular formula is C13H9BrCl2N2O. The van der Waals surface area contributed by atoms with Gasteiger partial charge in [-0.2, -0.15) is 0 Å². The second-order valence-electron chi connectivity index (χ2n) is 3.78. The molecule has 6 heteroatoms. The van der Waals surface area contributed by atoms with E-state index in [2.05, 4.69) is 21.2 Å². The van der Waals surface area contributed by atoms with Crippen molar-refractivity contribution in [3.8, 4) is 0 Å². The molecule has 98 valence electrons. The van der Waals surface area contributed by atoms with Gasteiger partial charge in [0.05, 0.1) is 21.3 Å². The van der Waals surface area contributed by atoms with Crippen molar-refractivity contribution in [1.29, 1.82) is 0 Å². The number of nitrogens with one attached hydrogen (secondary N) is 1. The molecule has 1 amide bonds. The molecule has 3 N–H and O–H groups in total. The molecule has 0 aromatic heterocycles. The van der Waals surface area contributed by atoms with E-state index in [4.69, 9.17) is 28.9 Å². The van der Waals surface area contributed by atoms with Gasteiger partial charge in [0.1, 0.15) is 0 Å². The van der Waals surface area contributed by atoms with Crippen LogP contribution in [0.5, 0.6) is 0 Å². The van der Waals surface area contributed by atoms with Gasteiger partial charge in [-0.1, -0.05) is 29.3 Å². The Hall–Kier alpha value is -1.23. The molecule has 2 aromatic carbocycles. The topological polar surface area (TPSA) is 55.1 Å². The Morgan fingerprint density at radius 3 is 2.58 bits per heavy atom. The fourth-order valence-corrected chi connectivity index (χ4v) is 2.11. The predicted molar refractivity (Wildman–Crippen MR) is 83.0 cm³/mol. The maximum atomic E-state index is 12.1. The van der Waals surface area contributed by atoms with Gasteiger partial charge < -0.3 is 11.1 Å². The summed E-state index contributed by atoms with van der Waals surface area (Å²) in [4.78, 5) is 12.1. The lowest BCUT2D eigenvalue weighted by molar-refractivity contribution is 0.102. The van der Waals surface area contributed by atoms with Crippen molar-refractivity contribution in [2.24, 2.45) is 0 Å². The highest BCUT2D eigenvalue weighted by Gasteiger charge is 2.12. The first-order valence-corrected chi connectivity index (χ1v) is 6.84. The van der Waals surface area contributed by atoms with Gasteiger partial charge in [0, 0.05) is 10.2 Å². The van der Waals surface area contributed by atoms with Crippen molar-refractivity contribution >= 4 is 56.4 Å². The third-order valence-electron chi connectivity index (χ3n) is 2.48. The molecule has 0 atom stereocenters. The highest BCUT2D eigenvalue weighted by atomic mass is 79.9. The van der Waals surface area contributed by atoms with Crippen LogP contribution in [0, 0.1) is 0 Å². The Morgan fingerprint density at radius 2 is 1.89 bits per heavy atom. The van der Waals surface area contributed by atoms with Crippen LogP contribution in [-0.2, 0) is 0 Å². The number of benzene rings is 2. The first-order chi connectivity index (χ1) is 8.99. The van der Waals surface area contributed by atoms with E-state index >= 15 is 0 Å². The van der Waals surface area contributed by atoms with Crippen LogP contribution in [0.1, 0.15) is 10.4 Å². The maximum absolute atomic E-state index is 12.1. The number of rotatable bonds is 2. The number of carbonyl (C=O) groups is 1. The molecule has 0 aliphatic heterocycles. The highest BCUT2D eigenvalue weighted by Crippen LogP contribution is 2.27. The molecule has 0 aliphatic carbocycles. The summed E-state index contributed by atoms with van der Waals surface area (Å²) in [7, 11) is 0. The number of hydrogen-bond donors (Lipinski definition) is 2. The van der Waals surface area contributed by atoms with Crippen LogP contribution in [0.2, 0.25) is 10.0 Å². The summed E-state index contributed by atoms with van der Waals surface area (Å²) in [5, 5.41) is 3.57. The number of amides is 1. The third-order valence-corrected chi connectivity index (χ3v) is 4.04. The summed E-state index contributed by atoms with van der Waals surface area (Å²) in [6.07, 6.45) is 0. The number of hydrogen-bond acceptors (Lipinski definition) is 2. The summed E-state index contributed by atoms with van der Waals surface area (Å²) in [5.41, 5.74) is 6.93. The molecule has 0 saturated heterocycles. The van der Waals surface area contributed by atoms with Crippen LogP contribution in [-0.4, -0.2) is 5.91 Å². The number of nitrogens with two attached hydrogens (primary N) is 1. The van der Waals surface area contributed by atoms with E-state index in [1.165, 1.54) is 0 Å². The van der Waals surface area contributed by atoms with Crippen molar-refractivity contribution in [1.82, 2.24) is 0 Å². The second kappa shape index (κ2) is 5.82. The minimum Gasteiger partial charge on any atom is -0.397 e. The Bertz CT molecular complexity index is 647. The smallest absolute Gasteiger partial charge is 0.257 e. The largest absolute Gasteiger partial charge is 0.397 e. The monoisotopic (exact) mass is 358 g/mol. The van der Waals surface area contributed by atoms with E-state index < -0.39 is 0 Å². The lowest BCUT2D eigenvalue weighted by atomic mass is 10.1. The van der Waals surface area contributed by atoms with E-state index in [9.17, 15) is 4.79 Å². The fourth-order valence-electron chi connectivity index (χ4n) is 1.51. The van der Waals surface area contributed by atoms with Gasteiger partial charge in [-0.3, -0.25) is 4.79 Å². The molecule has 2 aromatic rings. The molecule has 0 bridgehead atoms. The summed E-state index contributed by atoms with van der Waals surface area (Å²) in [6.45, 7) is 0. The van der Waals surface area contributed by atoms with Gasteiger partial charge in [0.25, 0.3) is 5.91 Å². The van der Waals surface area contributed by atoms with Crippen LogP contribution in [0.25, 0.3) is 0 Å². The number of nitrogen functional groups attached to an aromatic ring is 1. The van der Waals surface area contributed by atoms with E-state index in [-0.39, 0.29) is 11.6 Å². The van der Waals surface area contributed by atoms with Crippen molar-refractivity contribution in [3.63, 3.8) is 0 Å². The zero-order valence-corrected chi connectivity index (χ0v) is 12.7. The van der Waals surface area contributed by atoms with Gasteiger partial charge in [-0.05, 0) is 46.3 Å². The van der Waals surface area contributed by atoms with Crippen LogP contribution in [0.15, 0.2) is 40.9 Å². The lowest BCUT2D eigenvalue weighted by Gasteiger charge is -2.09. The molecule has 0 saturated carbocycles. The van der Waals surface area contributed by atoms with Crippen LogP contribution in [0.4, 0.5) is 11.4 Å². The van der Waals surface area contributed by atoms with Crippen molar-refractivity contribution in [2.75, 3.05) is 11.1 Å². The van der Waals surface area contributed by atoms with Crippen LogP contribution < -0.4 is 11.1 Å². The number of anilines is 2. The highest BCUT2D eigenvalue weighted by molar-refractivity contribution is 9.10. The number of carbonyl (C=O) groups excluding carboxylic acids is 1. The molecule has 19 heavy (non-hydrogen) atoms. The van der Waals surface area contributed by atoms with Crippen molar-refractivity contribution in [2.45, 2.75) is 0 Å². The van der Waals surface area contributed by atoms with Gasteiger partial charge in [0.2, 0.25) is 0 Å². The third kappa shape index (κ3) is 3.21. The first-order valence-electron chi connectivity index (χ1n) is 5.29. The molecule has 3 nitrogen and oxygen atoms in total. The van der Waals surface area contributed by atoms with Crippen LogP contribution in [0.3, 0.4) is 0 Å². The van der Waals surface area contributed by atoms with Gasteiger partial charge in [-0.25, -0.2) is 0 Å². The lowest BCUT2D eigenvalue weighted by Crippen LogP contribution is -2.14. The average Bonchev–Trinajstić information content (AvgIpc) is 2.37. The minimum absolute atomic E-state index is 0.255. The maximum Gasteiger partial charge on any atom is 0.257 e. The average molecular weight is 360 g/mol. The SMILES string of the molecule is Nc1c(Cl)cccc1C(=O)Nc1ccc(Br)c(Cl)c1. The quantitative estimate of drug-likeness (QED) is 0.770. The van der Waals surface area contributed by atoms with E-state index in [1.54, 1.807) is 36.4 Å². The van der Waals surface area contributed by atoms with E-state index in [0.29, 0.717) is 21.3 Å². The fraction of sp³-hybridized carbons (Fsp3) is 0. The standard InChI is InChI=1S/C13H9BrCl2N2O/c14-9-5-4-7(6-11(9)16)18-13(19)8-2-1-3-10(15)12(8)17/h1-6H,17H2,(H,18,19). The molecular weight excluding hydrogens is 351 g/mol. The Morgan fingerprint density at radius 1 is 1.16 bits per heavy atom. The zero-order valence-electron chi connectivity index (χ0n) is 9.58. The predicted octanol–water partition coefficient (Wildman–Crippen LogP) is 4.59. The molecule has 0 fully saturated rings. The van der Waals surface area contributed by atoms with E-state index in [1.807, 2.05) is 0 Å². The van der Waals surface area contributed by atoms with Gasteiger partial charge in [0.15, 0.2) is 0 Å². The minimum atomic E-state index is -0.335.